The van der Waals surface area contributed by atoms with Crippen LogP contribution in [0.15, 0.2) is 53.5 Å². The third-order valence-electron chi connectivity index (χ3n) is 4.78. The quantitative estimate of drug-likeness (QED) is 0.623. The van der Waals surface area contributed by atoms with Gasteiger partial charge in [-0.25, -0.2) is 11.6 Å². The first-order valence-corrected chi connectivity index (χ1v) is 8.63. The summed E-state index contributed by atoms with van der Waals surface area (Å²) < 4.78 is 39.6. The molecule has 9 heteroatoms. The number of nitrogens with zero attached hydrogens (tertiary/aromatic N) is 4. The fraction of sp³-hybridized carbons (Fsp3) is 0.200. The summed E-state index contributed by atoms with van der Waals surface area (Å²) in [7, 11) is 0. The summed E-state index contributed by atoms with van der Waals surface area (Å²) in [5.74, 6) is -0.235. The average Bonchev–Trinajstić information content (AvgIpc) is 2.66. The van der Waals surface area contributed by atoms with Gasteiger partial charge in [0.1, 0.15) is 0 Å². The summed E-state index contributed by atoms with van der Waals surface area (Å²) in [6.07, 6.45) is -3.41. The molecule has 0 saturated carbocycles. The molecule has 1 aromatic heterocycles. The molecule has 0 N–H and O–H groups in total. The molecule has 0 atom stereocenters. The maximum atomic E-state index is 12.8. The van der Waals surface area contributed by atoms with Crippen molar-refractivity contribution >= 4 is 16.9 Å². The van der Waals surface area contributed by atoms with Crippen LogP contribution >= 0.6 is 0 Å². The van der Waals surface area contributed by atoms with Gasteiger partial charge in [-0.3, -0.25) is 14.2 Å². The van der Waals surface area contributed by atoms with Crippen LogP contribution < -0.4 is 5.56 Å². The first-order chi connectivity index (χ1) is 13.8. The summed E-state index contributed by atoms with van der Waals surface area (Å²) in [5.41, 5.74) is 0.0454. The van der Waals surface area contributed by atoms with E-state index in [2.05, 4.69) is 9.83 Å². The van der Waals surface area contributed by atoms with Crippen LogP contribution in [-0.4, -0.2) is 39.5 Å². The van der Waals surface area contributed by atoms with Crippen molar-refractivity contribution in [1.82, 2.24) is 14.5 Å². The van der Waals surface area contributed by atoms with Gasteiger partial charge in [-0.05, 0) is 42.5 Å². The first kappa shape index (κ1) is 18.7. The standard InChI is InChI=1S/C20H13F3N4O2/c1-24-14-10-26(11-14)19(29)12-2-7-17-16(8-12)25-9-18(28)27(17)15-5-3-13(4-6-15)20(21,22)23/h2-9,14H,10-11H2. The van der Waals surface area contributed by atoms with Crippen molar-refractivity contribution in [3.05, 3.63) is 81.6 Å². The molecule has 1 aliphatic heterocycles. The normalized spacial score (nSPS) is 14.5. The van der Waals surface area contributed by atoms with Gasteiger partial charge in [-0.15, -0.1) is 0 Å². The maximum Gasteiger partial charge on any atom is 0.416 e. The molecule has 1 amide bonds. The molecule has 0 radical (unpaired) electrons. The average molecular weight is 398 g/mol. The molecule has 0 aliphatic carbocycles. The largest absolute Gasteiger partial charge is 0.416 e. The summed E-state index contributed by atoms with van der Waals surface area (Å²) in [5, 5.41) is 0. The number of aromatic nitrogens is 2. The van der Waals surface area contributed by atoms with Crippen LogP contribution in [0.2, 0.25) is 0 Å². The number of alkyl halides is 3. The lowest BCUT2D eigenvalue weighted by Crippen LogP contribution is -2.52. The summed E-state index contributed by atoms with van der Waals surface area (Å²) in [6.45, 7) is 7.71. The van der Waals surface area contributed by atoms with Gasteiger partial charge in [0.15, 0.2) is 0 Å². The highest BCUT2D eigenvalue weighted by Crippen LogP contribution is 2.30. The van der Waals surface area contributed by atoms with Crippen LogP contribution in [0, 0.1) is 6.57 Å². The van der Waals surface area contributed by atoms with E-state index in [4.69, 9.17) is 6.57 Å². The first-order valence-electron chi connectivity index (χ1n) is 8.63. The number of carbonyl (C=O) groups excluding carboxylic acids is 1. The van der Waals surface area contributed by atoms with E-state index < -0.39 is 17.3 Å². The number of hydrogen-bond donors (Lipinski definition) is 0. The highest BCUT2D eigenvalue weighted by Gasteiger charge is 2.35. The minimum atomic E-state index is -4.47. The van der Waals surface area contributed by atoms with E-state index >= 15 is 0 Å². The Morgan fingerprint density at radius 1 is 1.14 bits per heavy atom. The van der Waals surface area contributed by atoms with E-state index in [9.17, 15) is 22.8 Å². The van der Waals surface area contributed by atoms with Gasteiger partial charge in [-0.2, -0.15) is 13.2 Å². The predicted octanol–water partition coefficient (Wildman–Crippen LogP) is 3.15. The Bertz CT molecular complexity index is 1200. The van der Waals surface area contributed by atoms with Crippen molar-refractivity contribution in [2.45, 2.75) is 12.2 Å². The van der Waals surface area contributed by atoms with Gasteiger partial charge in [-0.1, -0.05) is 0 Å². The van der Waals surface area contributed by atoms with Gasteiger partial charge in [0.25, 0.3) is 17.5 Å². The third-order valence-corrected chi connectivity index (χ3v) is 4.78. The Hall–Kier alpha value is -3.67. The molecule has 0 bridgehead atoms. The van der Waals surface area contributed by atoms with Crippen molar-refractivity contribution in [1.29, 1.82) is 0 Å². The zero-order valence-corrected chi connectivity index (χ0v) is 14.8. The molecule has 4 rings (SSSR count). The molecule has 146 valence electrons. The minimum absolute atomic E-state index is 0.178. The molecule has 1 fully saturated rings. The fourth-order valence-corrected chi connectivity index (χ4v) is 3.20. The van der Waals surface area contributed by atoms with Crippen molar-refractivity contribution < 1.29 is 18.0 Å². The van der Waals surface area contributed by atoms with E-state index in [0.29, 0.717) is 29.7 Å². The Morgan fingerprint density at radius 3 is 2.45 bits per heavy atom. The van der Waals surface area contributed by atoms with Crippen LogP contribution in [0.1, 0.15) is 15.9 Å². The summed E-state index contributed by atoms with van der Waals surface area (Å²) in [4.78, 5) is 33.8. The van der Waals surface area contributed by atoms with Crippen LogP contribution in [0.5, 0.6) is 0 Å². The monoisotopic (exact) mass is 398 g/mol. The number of rotatable bonds is 2. The van der Waals surface area contributed by atoms with E-state index in [1.807, 2.05) is 0 Å². The van der Waals surface area contributed by atoms with Crippen molar-refractivity contribution in [3.8, 4) is 5.69 Å². The predicted molar refractivity (Wildman–Crippen MR) is 98.6 cm³/mol. The number of amides is 1. The number of carbonyl (C=O) groups is 1. The molecule has 3 aromatic rings. The van der Waals surface area contributed by atoms with Gasteiger partial charge in [0, 0.05) is 11.3 Å². The molecule has 2 aromatic carbocycles. The molecule has 2 heterocycles. The van der Waals surface area contributed by atoms with Gasteiger partial charge in [0.05, 0.1) is 35.9 Å². The topological polar surface area (TPSA) is 59.6 Å². The van der Waals surface area contributed by atoms with E-state index in [1.54, 1.807) is 11.0 Å². The number of benzene rings is 2. The molecule has 1 saturated heterocycles. The second kappa shape index (κ2) is 6.74. The lowest BCUT2D eigenvalue weighted by atomic mass is 10.1. The fourth-order valence-electron chi connectivity index (χ4n) is 3.20. The lowest BCUT2D eigenvalue weighted by molar-refractivity contribution is -0.137. The SMILES string of the molecule is [C-]#[N+]C1CN(C(=O)c2ccc3c(c2)ncc(=O)n3-c2ccc(C(F)(F)F)cc2)C1. The molecule has 29 heavy (non-hydrogen) atoms. The number of hydrogen-bond acceptors (Lipinski definition) is 3. The number of halogens is 3. The zero-order chi connectivity index (χ0) is 20.8. The highest BCUT2D eigenvalue weighted by atomic mass is 19.4. The number of likely N-dealkylation sites (tertiary alicyclic amines) is 1. The molecule has 6 nitrogen and oxygen atoms in total. The van der Waals surface area contributed by atoms with Gasteiger partial charge in [0.2, 0.25) is 0 Å². The van der Waals surface area contributed by atoms with Crippen molar-refractivity contribution in [3.63, 3.8) is 0 Å². The summed E-state index contributed by atoms with van der Waals surface area (Å²) >= 11 is 0. The third kappa shape index (κ3) is 3.33. The zero-order valence-electron chi connectivity index (χ0n) is 14.8. The Balaban J connectivity index is 1.72. The van der Waals surface area contributed by atoms with E-state index in [-0.39, 0.29) is 17.6 Å². The van der Waals surface area contributed by atoms with Crippen molar-refractivity contribution in [2.75, 3.05) is 13.1 Å². The highest BCUT2D eigenvalue weighted by molar-refractivity contribution is 5.98. The van der Waals surface area contributed by atoms with Crippen LogP contribution in [0.3, 0.4) is 0 Å². The second-order valence-electron chi connectivity index (χ2n) is 6.67. The minimum Gasteiger partial charge on any atom is -0.323 e. The van der Waals surface area contributed by atoms with E-state index in [0.717, 1.165) is 18.3 Å². The van der Waals surface area contributed by atoms with Gasteiger partial charge >= 0.3 is 6.18 Å². The second-order valence-corrected chi connectivity index (χ2v) is 6.67. The Kier molecular flexibility index (Phi) is 4.34. The lowest BCUT2D eigenvalue weighted by Gasteiger charge is -2.31. The molecule has 1 aliphatic rings. The van der Waals surface area contributed by atoms with E-state index in [1.165, 1.54) is 28.8 Å². The maximum absolute atomic E-state index is 12.8. The van der Waals surface area contributed by atoms with Gasteiger partial charge < -0.3 is 9.74 Å². The van der Waals surface area contributed by atoms with Crippen LogP contribution in [-0.2, 0) is 6.18 Å². The molecular weight excluding hydrogens is 385 g/mol. The van der Waals surface area contributed by atoms with Crippen LogP contribution in [0.4, 0.5) is 13.2 Å². The molecule has 0 unspecified atom stereocenters. The van der Waals surface area contributed by atoms with Crippen molar-refractivity contribution in [2.24, 2.45) is 0 Å². The van der Waals surface area contributed by atoms with Crippen LogP contribution in [0.25, 0.3) is 21.6 Å². The summed E-state index contributed by atoms with van der Waals surface area (Å²) in [6, 6.07) is 8.68. The Morgan fingerprint density at radius 2 is 1.83 bits per heavy atom. The molecular formula is C20H13F3N4O2. The molecule has 0 spiro atoms. The Labute approximate surface area is 162 Å². The number of fused-ring (bicyclic) bond motifs is 1. The smallest absolute Gasteiger partial charge is 0.323 e.